The van der Waals surface area contributed by atoms with Gasteiger partial charge in [-0.1, -0.05) is 23.5 Å². The van der Waals surface area contributed by atoms with Crippen LogP contribution in [0, 0.1) is 6.92 Å². The summed E-state index contributed by atoms with van der Waals surface area (Å²) in [5.41, 5.74) is 3.72. The van der Waals surface area contributed by atoms with Gasteiger partial charge in [0.15, 0.2) is 0 Å². The van der Waals surface area contributed by atoms with Gasteiger partial charge in [0.1, 0.15) is 21.5 Å². The molecule has 1 aliphatic heterocycles. The molecule has 1 atom stereocenters. The number of carbonyl (C=O) groups is 1. The molecular weight excluding hydrogens is 322 g/mol. The number of fused-ring (bicyclic) bond motifs is 1. The van der Waals surface area contributed by atoms with Crippen molar-refractivity contribution in [3.8, 4) is 10.6 Å². The summed E-state index contributed by atoms with van der Waals surface area (Å²) in [6.45, 7) is 2.66. The van der Waals surface area contributed by atoms with Gasteiger partial charge in [0, 0.05) is 24.1 Å². The minimum Gasteiger partial charge on any atom is -0.368 e. The number of nitrogens with zero attached hydrogens (tertiary/aromatic N) is 2. The number of amides is 1. The molecular formula is C18H17N3O2S. The van der Waals surface area contributed by atoms with Crippen molar-refractivity contribution in [3.05, 3.63) is 42.1 Å². The van der Waals surface area contributed by atoms with E-state index in [0.29, 0.717) is 6.61 Å². The molecule has 24 heavy (non-hydrogen) atoms. The van der Waals surface area contributed by atoms with Crippen molar-refractivity contribution in [1.82, 2.24) is 9.97 Å². The fourth-order valence-electron chi connectivity index (χ4n) is 2.89. The zero-order valence-corrected chi connectivity index (χ0v) is 14.1. The van der Waals surface area contributed by atoms with E-state index >= 15 is 0 Å². The standard InChI is InChI=1S/C18H17N3O2S/c1-11-12(17-21-14-7-3-9-19-18(14)24-17)5-2-6-13(11)20-16(22)15-8-4-10-23-15/h2-3,5-7,9,15H,4,8,10H2,1H3,(H,20,22). The second kappa shape index (κ2) is 6.30. The van der Waals surface area contributed by atoms with E-state index in [-0.39, 0.29) is 12.0 Å². The number of hydrogen-bond donors (Lipinski definition) is 1. The Bertz CT molecular complexity index is 867. The zero-order chi connectivity index (χ0) is 16.5. The molecule has 3 aromatic rings. The van der Waals surface area contributed by atoms with Gasteiger partial charge in [-0.3, -0.25) is 4.79 Å². The van der Waals surface area contributed by atoms with Crippen LogP contribution in [-0.2, 0) is 9.53 Å². The SMILES string of the molecule is Cc1c(NC(=O)C2CCCO2)cccc1-c1nc2cccnc2s1. The number of carbonyl (C=O) groups excluding carboxylic acids is 1. The van der Waals surface area contributed by atoms with E-state index in [1.807, 2.05) is 37.3 Å². The van der Waals surface area contributed by atoms with Crippen LogP contribution in [0.1, 0.15) is 18.4 Å². The van der Waals surface area contributed by atoms with E-state index in [0.717, 1.165) is 45.0 Å². The van der Waals surface area contributed by atoms with Gasteiger partial charge < -0.3 is 10.1 Å². The number of pyridine rings is 1. The molecule has 0 bridgehead atoms. The highest BCUT2D eigenvalue weighted by molar-refractivity contribution is 7.21. The van der Waals surface area contributed by atoms with E-state index in [2.05, 4.69) is 15.3 Å². The van der Waals surface area contributed by atoms with Crippen LogP contribution in [0.25, 0.3) is 20.9 Å². The summed E-state index contributed by atoms with van der Waals surface area (Å²) in [5.74, 6) is -0.0706. The fraction of sp³-hybridized carbons (Fsp3) is 0.278. The lowest BCUT2D eigenvalue weighted by Gasteiger charge is -2.14. The molecule has 6 heteroatoms. The molecule has 4 rings (SSSR count). The molecule has 1 amide bonds. The van der Waals surface area contributed by atoms with Gasteiger partial charge in [0.2, 0.25) is 0 Å². The van der Waals surface area contributed by atoms with Gasteiger partial charge in [0.05, 0.1) is 0 Å². The third-order valence-corrected chi connectivity index (χ3v) is 5.22. The molecule has 5 nitrogen and oxygen atoms in total. The maximum Gasteiger partial charge on any atom is 0.253 e. The molecule has 0 radical (unpaired) electrons. The zero-order valence-electron chi connectivity index (χ0n) is 13.3. The molecule has 3 heterocycles. The van der Waals surface area contributed by atoms with E-state index < -0.39 is 0 Å². The van der Waals surface area contributed by atoms with Crippen LogP contribution >= 0.6 is 11.3 Å². The Morgan fingerprint density at radius 2 is 2.25 bits per heavy atom. The smallest absolute Gasteiger partial charge is 0.253 e. The number of thiazole rings is 1. The first kappa shape index (κ1) is 15.2. The largest absolute Gasteiger partial charge is 0.368 e. The maximum absolute atomic E-state index is 12.3. The maximum atomic E-state index is 12.3. The number of ether oxygens (including phenoxy) is 1. The van der Waals surface area contributed by atoms with E-state index in [1.54, 1.807) is 17.5 Å². The average molecular weight is 339 g/mol. The summed E-state index contributed by atoms with van der Waals surface area (Å²) >= 11 is 1.56. The van der Waals surface area contributed by atoms with Gasteiger partial charge >= 0.3 is 0 Å². The van der Waals surface area contributed by atoms with Gasteiger partial charge in [-0.05, 0) is 43.5 Å². The summed E-state index contributed by atoms with van der Waals surface area (Å²) in [5, 5.41) is 3.90. The number of nitrogens with one attached hydrogen (secondary N) is 1. The second-order valence-corrected chi connectivity index (χ2v) is 6.79. The molecule has 1 N–H and O–H groups in total. The van der Waals surface area contributed by atoms with Crippen molar-refractivity contribution in [2.45, 2.75) is 25.9 Å². The monoisotopic (exact) mass is 339 g/mol. The predicted octanol–water partition coefficient (Wildman–Crippen LogP) is 3.78. The Balaban J connectivity index is 1.66. The first-order valence-corrected chi connectivity index (χ1v) is 8.78. The van der Waals surface area contributed by atoms with Crippen LogP contribution in [0.15, 0.2) is 36.5 Å². The first-order chi connectivity index (χ1) is 11.7. The van der Waals surface area contributed by atoms with E-state index in [4.69, 9.17) is 4.74 Å². The summed E-state index contributed by atoms with van der Waals surface area (Å²) in [6.07, 6.45) is 3.17. The molecule has 1 unspecified atom stereocenters. The van der Waals surface area contributed by atoms with Gasteiger partial charge in [-0.15, -0.1) is 0 Å². The summed E-state index contributed by atoms with van der Waals surface area (Å²) in [6, 6.07) is 9.72. The molecule has 1 saturated heterocycles. The number of aromatic nitrogens is 2. The normalized spacial score (nSPS) is 17.3. The highest BCUT2D eigenvalue weighted by atomic mass is 32.1. The lowest BCUT2D eigenvalue weighted by Crippen LogP contribution is -2.27. The van der Waals surface area contributed by atoms with Crippen molar-refractivity contribution in [2.75, 3.05) is 11.9 Å². The summed E-state index contributed by atoms with van der Waals surface area (Å²) < 4.78 is 5.45. The Morgan fingerprint density at radius 1 is 1.33 bits per heavy atom. The van der Waals surface area contributed by atoms with Gasteiger partial charge in [0.25, 0.3) is 5.91 Å². The molecule has 1 aromatic carbocycles. The van der Waals surface area contributed by atoms with Crippen LogP contribution in [0.2, 0.25) is 0 Å². The van der Waals surface area contributed by atoms with Crippen LogP contribution in [-0.4, -0.2) is 28.6 Å². The van der Waals surface area contributed by atoms with Crippen LogP contribution in [0.4, 0.5) is 5.69 Å². The predicted molar refractivity (Wildman–Crippen MR) is 95.2 cm³/mol. The Labute approximate surface area is 143 Å². The van der Waals surface area contributed by atoms with Crippen LogP contribution in [0.5, 0.6) is 0 Å². The molecule has 122 valence electrons. The minimum absolute atomic E-state index is 0.0706. The lowest BCUT2D eigenvalue weighted by molar-refractivity contribution is -0.124. The lowest BCUT2D eigenvalue weighted by atomic mass is 10.1. The number of rotatable bonds is 3. The molecule has 0 saturated carbocycles. The molecule has 0 aliphatic carbocycles. The molecule has 1 fully saturated rings. The second-order valence-electron chi connectivity index (χ2n) is 5.82. The Kier molecular flexibility index (Phi) is 4.00. The van der Waals surface area contributed by atoms with Crippen LogP contribution < -0.4 is 5.32 Å². The Hall–Kier alpha value is -2.31. The quantitative estimate of drug-likeness (QED) is 0.788. The van der Waals surface area contributed by atoms with Crippen molar-refractivity contribution < 1.29 is 9.53 Å². The van der Waals surface area contributed by atoms with E-state index in [9.17, 15) is 4.79 Å². The van der Waals surface area contributed by atoms with Crippen LogP contribution in [0.3, 0.4) is 0 Å². The van der Waals surface area contributed by atoms with E-state index in [1.165, 1.54) is 0 Å². The van der Waals surface area contributed by atoms with Crippen molar-refractivity contribution in [2.24, 2.45) is 0 Å². The number of anilines is 1. The highest BCUT2D eigenvalue weighted by Gasteiger charge is 2.24. The van der Waals surface area contributed by atoms with Gasteiger partial charge in [-0.2, -0.15) is 0 Å². The fourth-order valence-corrected chi connectivity index (χ4v) is 3.88. The van der Waals surface area contributed by atoms with Crippen molar-refractivity contribution in [3.63, 3.8) is 0 Å². The third kappa shape index (κ3) is 2.79. The highest BCUT2D eigenvalue weighted by Crippen LogP contribution is 2.33. The van der Waals surface area contributed by atoms with Gasteiger partial charge in [-0.25, -0.2) is 9.97 Å². The molecule has 1 aliphatic rings. The summed E-state index contributed by atoms with van der Waals surface area (Å²) in [4.78, 5) is 22.2. The minimum atomic E-state index is -0.334. The molecule has 2 aromatic heterocycles. The average Bonchev–Trinajstić information content (AvgIpc) is 3.26. The number of benzene rings is 1. The van der Waals surface area contributed by atoms with Crippen molar-refractivity contribution >= 4 is 33.3 Å². The van der Waals surface area contributed by atoms with Crippen molar-refractivity contribution in [1.29, 1.82) is 0 Å². The Morgan fingerprint density at radius 3 is 3.04 bits per heavy atom. The number of hydrogen-bond acceptors (Lipinski definition) is 5. The topological polar surface area (TPSA) is 64.1 Å². The summed E-state index contributed by atoms with van der Waals surface area (Å²) in [7, 11) is 0. The third-order valence-electron chi connectivity index (χ3n) is 4.21. The molecule has 0 spiro atoms. The first-order valence-electron chi connectivity index (χ1n) is 7.96.